The molecular formula is C19H22ClFN4O2. The molecule has 1 saturated heterocycles. The van der Waals surface area contributed by atoms with E-state index in [9.17, 15) is 9.18 Å². The molecule has 3 rings (SSSR count). The quantitative estimate of drug-likeness (QED) is 0.642. The van der Waals surface area contributed by atoms with Gasteiger partial charge in [0.2, 0.25) is 0 Å². The number of guanidine groups is 1. The zero-order chi connectivity index (χ0) is 19.2. The maximum Gasteiger partial charge on any atom is 0.289 e. The van der Waals surface area contributed by atoms with Gasteiger partial charge in [-0.25, -0.2) is 4.39 Å². The number of piperazine rings is 1. The Hall–Kier alpha value is -2.54. The number of aliphatic imine (C=N–C) groups is 1. The summed E-state index contributed by atoms with van der Waals surface area (Å²) in [6.45, 7) is 3.00. The fourth-order valence-electron chi connectivity index (χ4n) is 3.08. The topological polar surface area (TPSA) is 61.1 Å². The van der Waals surface area contributed by atoms with Crippen LogP contribution in [0.4, 0.5) is 4.39 Å². The van der Waals surface area contributed by atoms with Crippen LogP contribution in [0.15, 0.2) is 46.0 Å². The van der Waals surface area contributed by atoms with Gasteiger partial charge in [-0.2, -0.15) is 0 Å². The number of carbonyl (C=O) groups is 1. The molecule has 2 aromatic rings. The number of rotatable bonds is 4. The van der Waals surface area contributed by atoms with E-state index < -0.39 is 0 Å². The molecule has 0 radical (unpaired) electrons. The van der Waals surface area contributed by atoms with Crippen molar-refractivity contribution < 1.29 is 13.6 Å². The normalized spacial score (nSPS) is 15.1. The largest absolute Gasteiger partial charge is 0.459 e. The fraction of sp³-hybridized carbons (Fsp3) is 0.368. The van der Waals surface area contributed by atoms with Crippen molar-refractivity contribution in [1.29, 1.82) is 0 Å². The number of halogens is 2. The highest BCUT2D eigenvalue weighted by Crippen LogP contribution is 2.19. The van der Waals surface area contributed by atoms with E-state index in [4.69, 9.17) is 16.0 Å². The van der Waals surface area contributed by atoms with Gasteiger partial charge in [-0.15, -0.1) is 0 Å². The second-order valence-corrected chi connectivity index (χ2v) is 6.59. The van der Waals surface area contributed by atoms with Gasteiger partial charge in [-0.3, -0.25) is 9.79 Å². The van der Waals surface area contributed by atoms with Crippen molar-refractivity contribution in [3.8, 4) is 0 Å². The number of nitrogens with one attached hydrogen (secondary N) is 1. The fourth-order valence-corrected chi connectivity index (χ4v) is 3.34. The molecule has 0 aliphatic carbocycles. The summed E-state index contributed by atoms with van der Waals surface area (Å²) in [4.78, 5) is 20.5. The minimum atomic E-state index is -0.302. The number of hydrogen-bond acceptors (Lipinski definition) is 3. The number of benzene rings is 1. The van der Waals surface area contributed by atoms with Crippen LogP contribution in [0, 0.1) is 5.82 Å². The van der Waals surface area contributed by atoms with Gasteiger partial charge in [-0.05, 0) is 30.7 Å². The summed E-state index contributed by atoms with van der Waals surface area (Å²) in [7, 11) is 1.71. The van der Waals surface area contributed by atoms with Gasteiger partial charge in [0, 0.05) is 50.4 Å². The van der Waals surface area contributed by atoms with Crippen LogP contribution in [-0.2, 0) is 6.42 Å². The van der Waals surface area contributed by atoms with Gasteiger partial charge in [0.1, 0.15) is 5.82 Å². The lowest BCUT2D eigenvalue weighted by Gasteiger charge is -2.36. The molecule has 144 valence electrons. The van der Waals surface area contributed by atoms with Crippen molar-refractivity contribution in [1.82, 2.24) is 15.1 Å². The molecule has 0 saturated carbocycles. The second-order valence-electron chi connectivity index (χ2n) is 6.18. The Balaban J connectivity index is 1.50. The van der Waals surface area contributed by atoms with E-state index in [-0.39, 0.29) is 11.7 Å². The molecular weight excluding hydrogens is 371 g/mol. The first-order chi connectivity index (χ1) is 13.1. The van der Waals surface area contributed by atoms with Crippen LogP contribution in [0.1, 0.15) is 16.1 Å². The summed E-state index contributed by atoms with van der Waals surface area (Å²) >= 11 is 6.06. The number of carbonyl (C=O) groups excluding carboxylic acids is 1. The summed E-state index contributed by atoms with van der Waals surface area (Å²) < 4.78 is 19.0. The molecule has 0 bridgehead atoms. The minimum Gasteiger partial charge on any atom is -0.459 e. The van der Waals surface area contributed by atoms with Crippen LogP contribution in [0.25, 0.3) is 0 Å². The van der Waals surface area contributed by atoms with Crippen molar-refractivity contribution in [3.05, 3.63) is 58.8 Å². The zero-order valence-corrected chi connectivity index (χ0v) is 15.9. The highest BCUT2D eigenvalue weighted by Gasteiger charge is 2.25. The lowest BCUT2D eigenvalue weighted by molar-refractivity contribution is 0.0658. The van der Waals surface area contributed by atoms with E-state index in [2.05, 4.69) is 15.2 Å². The Morgan fingerprint density at radius 1 is 1.22 bits per heavy atom. The Morgan fingerprint density at radius 3 is 2.59 bits per heavy atom. The molecule has 0 spiro atoms. The summed E-state index contributed by atoms with van der Waals surface area (Å²) in [6.07, 6.45) is 1.96. The molecule has 2 heterocycles. The average Bonchev–Trinajstić information content (AvgIpc) is 3.22. The third kappa shape index (κ3) is 4.60. The molecule has 8 heteroatoms. The van der Waals surface area contributed by atoms with Crippen LogP contribution in [0.2, 0.25) is 5.02 Å². The van der Waals surface area contributed by atoms with Crippen LogP contribution < -0.4 is 5.32 Å². The van der Waals surface area contributed by atoms with Crippen LogP contribution in [0.3, 0.4) is 0 Å². The van der Waals surface area contributed by atoms with Crippen molar-refractivity contribution in [2.75, 3.05) is 39.8 Å². The van der Waals surface area contributed by atoms with E-state index in [1.807, 2.05) is 0 Å². The van der Waals surface area contributed by atoms with Gasteiger partial charge in [-0.1, -0.05) is 17.7 Å². The lowest BCUT2D eigenvalue weighted by Crippen LogP contribution is -2.54. The smallest absolute Gasteiger partial charge is 0.289 e. The third-order valence-electron chi connectivity index (χ3n) is 4.53. The van der Waals surface area contributed by atoms with Crippen LogP contribution in [0.5, 0.6) is 0 Å². The van der Waals surface area contributed by atoms with Crippen molar-refractivity contribution in [2.45, 2.75) is 6.42 Å². The van der Waals surface area contributed by atoms with E-state index >= 15 is 0 Å². The Morgan fingerprint density at radius 2 is 1.96 bits per heavy atom. The summed E-state index contributed by atoms with van der Waals surface area (Å²) in [5.41, 5.74) is 0.496. The molecule has 1 N–H and O–H groups in total. The molecule has 1 amide bonds. The maximum absolute atomic E-state index is 13.8. The number of furan rings is 1. The van der Waals surface area contributed by atoms with Gasteiger partial charge >= 0.3 is 0 Å². The average molecular weight is 393 g/mol. The molecule has 1 aromatic heterocycles. The summed E-state index contributed by atoms with van der Waals surface area (Å²) in [5.74, 6) is 0.682. The molecule has 1 fully saturated rings. The Kier molecular flexibility index (Phi) is 6.34. The van der Waals surface area contributed by atoms with Crippen LogP contribution in [-0.4, -0.2) is 61.4 Å². The van der Waals surface area contributed by atoms with Crippen LogP contribution >= 0.6 is 11.6 Å². The van der Waals surface area contributed by atoms with E-state index in [1.54, 1.807) is 36.2 Å². The summed E-state index contributed by atoms with van der Waals surface area (Å²) in [6, 6.07) is 8.06. The van der Waals surface area contributed by atoms with Gasteiger partial charge in [0.15, 0.2) is 11.7 Å². The standard InChI is InChI=1S/C19H22ClFN4O2/c1-22-19(23-8-7-14-15(20)4-2-5-16(14)21)25-11-9-24(10-12-25)18(26)17-6-3-13-27-17/h2-6,13H,7-12H2,1H3,(H,22,23). The first kappa shape index (κ1) is 19.2. The first-order valence-corrected chi connectivity index (χ1v) is 9.19. The second kappa shape index (κ2) is 8.90. The van der Waals surface area contributed by atoms with E-state index in [0.717, 1.165) is 5.96 Å². The molecule has 0 unspecified atom stereocenters. The van der Waals surface area contributed by atoms with Gasteiger partial charge < -0.3 is 19.5 Å². The number of amides is 1. The van der Waals surface area contributed by atoms with Crippen molar-refractivity contribution >= 4 is 23.5 Å². The zero-order valence-electron chi connectivity index (χ0n) is 15.1. The molecule has 6 nitrogen and oxygen atoms in total. The molecule has 0 atom stereocenters. The predicted molar refractivity (Wildman–Crippen MR) is 103 cm³/mol. The highest BCUT2D eigenvalue weighted by molar-refractivity contribution is 6.31. The minimum absolute atomic E-state index is 0.100. The number of nitrogens with zero attached hydrogens (tertiary/aromatic N) is 3. The number of hydrogen-bond donors (Lipinski definition) is 1. The monoisotopic (exact) mass is 392 g/mol. The van der Waals surface area contributed by atoms with E-state index in [1.165, 1.54) is 12.3 Å². The Labute approximate surface area is 162 Å². The predicted octanol–water partition coefficient (Wildman–Crippen LogP) is 2.65. The third-order valence-corrected chi connectivity index (χ3v) is 4.88. The highest BCUT2D eigenvalue weighted by atomic mass is 35.5. The molecule has 1 aliphatic heterocycles. The molecule has 1 aliphatic rings. The SMILES string of the molecule is CN=C(NCCc1c(F)cccc1Cl)N1CCN(C(=O)c2ccco2)CC1. The first-order valence-electron chi connectivity index (χ1n) is 8.81. The lowest BCUT2D eigenvalue weighted by atomic mass is 10.1. The van der Waals surface area contributed by atoms with Crippen molar-refractivity contribution in [3.63, 3.8) is 0 Å². The summed E-state index contributed by atoms with van der Waals surface area (Å²) in [5, 5.41) is 3.67. The van der Waals surface area contributed by atoms with Crippen molar-refractivity contribution in [2.24, 2.45) is 4.99 Å². The van der Waals surface area contributed by atoms with E-state index in [0.29, 0.717) is 55.5 Å². The molecule has 1 aromatic carbocycles. The van der Waals surface area contributed by atoms with Gasteiger partial charge in [0.05, 0.1) is 6.26 Å². The van der Waals surface area contributed by atoms with Gasteiger partial charge in [0.25, 0.3) is 5.91 Å². The maximum atomic E-state index is 13.8. The Bertz CT molecular complexity index is 782. The molecule has 27 heavy (non-hydrogen) atoms.